The van der Waals surface area contributed by atoms with Crippen LogP contribution in [0.15, 0.2) is 12.1 Å². The van der Waals surface area contributed by atoms with Crippen LogP contribution in [-0.2, 0) is 0 Å². The second-order valence-corrected chi connectivity index (χ2v) is 3.51. The highest BCUT2D eigenvalue weighted by Gasteiger charge is 2.04. The van der Waals surface area contributed by atoms with E-state index in [1.54, 1.807) is 0 Å². The Morgan fingerprint density at radius 1 is 1.24 bits per heavy atom. The fraction of sp³-hybridized carbons (Fsp3) is 0.462. The van der Waals surface area contributed by atoms with Gasteiger partial charge in [0.05, 0.1) is 0 Å². The van der Waals surface area contributed by atoms with Crippen molar-refractivity contribution in [2.75, 3.05) is 17.6 Å². The Morgan fingerprint density at radius 2 is 1.71 bits per heavy atom. The third kappa shape index (κ3) is 4.76. The molecule has 0 fully saturated rings. The molecule has 0 radical (unpaired) electrons. The molecular weight excluding hydrogens is 214 g/mol. The summed E-state index contributed by atoms with van der Waals surface area (Å²) in [4.78, 5) is 11.3. The van der Waals surface area contributed by atoms with Gasteiger partial charge >= 0.3 is 6.03 Å². The van der Waals surface area contributed by atoms with Gasteiger partial charge in [0.25, 0.3) is 0 Å². The van der Waals surface area contributed by atoms with Crippen LogP contribution in [0.1, 0.15) is 31.9 Å². The van der Waals surface area contributed by atoms with Gasteiger partial charge in [-0.15, -0.1) is 0 Å². The molecule has 2 amide bonds. The summed E-state index contributed by atoms with van der Waals surface area (Å²) in [6.45, 7) is 10.3. The Labute approximate surface area is 104 Å². The molecule has 96 valence electrons. The van der Waals surface area contributed by atoms with Crippen LogP contribution in [0.3, 0.4) is 0 Å². The van der Waals surface area contributed by atoms with Crippen molar-refractivity contribution in [3.8, 4) is 0 Å². The summed E-state index contributed by atoms with van der Waals surface area (Å²) in [7, 11) is 0. The number of amides is 2. The number of carbonyl (C=O) groups excluding carboxylic acids is 1. The van der Waals surface area contributed by atoms with Crippen molar-refractivity contribution in [1.82, 2.24) is 5.32 Å². The van der Waals surface area contributed by atoms with Crippen molar-refractivity contribution in [3.05, 3.63) is 23.3 Å². The van der Waals surface area contributed by atoms with Crippen LogP contribution in [0.5, 0.6) is 0 Å². The molecule has 0 aliphatic rings. The summed E-state index contributed by atoms with van der Waals surface area (Å²) in [5.41, 5.74) is 9.30. The number of nitrogen functional groups attached to an aromatic ring is 1. The molecule has 0 spiro atoms. The number of rotatable bonds is 2. The monoisotopic (exact) mass is 237 g/mol. The summed E-state index contributed by atoms with van der Waals surface area (Å²) in [5, 5.41) is 5.41. The van der Waals surface area contributed by atoms with E-state index in [2.05, 4.69) is 10.6 Å². The number of aryl methyl sites for hydroxylation is 2. The standard InChI is InChI=1S/C11H17N3O.C2H6/c1-4-13-11(15)14-9-5-7(2)10(12)8(3)6-9;1-2/h5-6H,4,12H2,1-3H3,(H2,13,14,15);1-2H3. The van der Waals surface area contributed by atoms with Crippen LogP contribution in [0.4, 0.5) is 16.2 Å². The second-order valence-electron chi connectivity index (χ2n) is 3.51. The number of urea groups is 1. The Hall–Kier alpha value is -1.71. The highest BCUT2D eigenvalue weighted by Crippen LogP contribution is 2.21. The van der Waals surface area contributed by atoms with E-state index >= 15 is 0 Å². The normalized spacial score (nSPS) is 9.00. The van der Waals surface area contributed by atoms with E-state index in [0.717, 1.165) is 22.5 Å². The number of benzene rings is 1. The van der Waals surface area contributed by atoms with Gasteiger partial charge in [-0.1, -0.05) is 13.8 Å². The summed E-state index contributed by atoms with van der Waals surface area (Å²) in [6.07, 6.45) is 0. The van der Waals surface area contributed by atoms with Gasteiger partial charge in [-0.25, -0.2) is 4.79 Å². The minimum Gasteiger partial charge on any atom is -0.398 e. The molecule has 0 atom stereocenters. The first-order valence-electron chi connectivity index (χ1n) is 5.96. The summed E-state index contributed by atoms with van der Waals surface area (Å²) < 4.78 is 0. The van der Waals surface area contributed by atoms with Crippen molar-refractivity contribution in [1.29, 1.82) is 0 Å². The van der Waals surface area contributed by atoms with Crippen LogP contribution in [-0.4, -0.2) is 12.6 Å². The molecule has 4 nitrogen and oxygen atoms in total. The number of hydrogen-bond donors (Lipinski definition) is 3. The van der Waals surface area contributed by atoms with Crippen LogP contribution >= 0.6 is 0 Å². The second kappa shape index (κ2) is 7.54. The predicted octanol–water partition coefficient (Wildman–Crippen LogP) is 3.05. The number of hydrogen-bond acceptors (Lipinski definition) is 2. The zero-order chi connectivity index (χ0) is 13.4. The van der Waals surface area contributed by atoms with E-state index in [4.69, 9.17) is 5.73 Å². The van der Waals surface area contributed by atoms with Crippen LogP contribution in [0.2, 0.25) is 0 Å². The average Bonchev–Trinajstić information content (AvgIpc) is 2.29. The molecule has 1 rings (SSSR count). The van der Waals surface area contributed by atoms with Crippen molar-refractivity contribution in [2.24, 2.45) is 0 Å². The lowest BCUT2D eigenvalue weighted by Crippen LogP contribution is -2.28. The molecular formula is C13H23N3O. The summed E-state index contributed by atoms with van der Waals surface area (Å²) in [6, 6.07) is 3.52. The van der Waals surface area contributed by atoms with Crippen LogP contribution < -0.4 is 16.4 Å². The topological polar surface area (TPSA) is 67.2 Å². The molecule has 0 unspecified atom stereocenters. The van der Waals surface area contributed by atoms with Crippen molar-refractivity contribution in [2.45, 2.75) is 34.6 Å². The van der Waals surface area contributed by atoms with Gasteiger partial charge in [0.2, 0.25) is 0 Å². The van der Waals surface area contributed by atoms with Gasteiger partial charge in [-0.2, -0.15) is 0 Å². The molecule has 0 saturated heterocycles. The minimum absolute atomic E-state index is 0.193. The smallest absolute Gasteiger partial charge is 0.319 e. The highest BCUT2D eigenvalue weighted by molar-refractivity contribution is 5.89. The number of nitrogens with one attached hydrogen (secondary N) is 2. The van der Waals surface area contributed by atoms with Crippen LogP contribution in [0, 0.1) is 13.8 Å². The van der Waals surface area contributed by atoms with E-state index in [-0.39, 0.29) is 6.03 Å². The highest BCUT2D eigenvalue weighted by atomic mass is 16.2. The molecule has 0 aliphatic carbocycles. The molecule has 4 N–H and O–H groups in total. The molecule has 4 heteroatoms. The van der Waals surface area contributed by atoms with Gasteiger partial charge in [0.15, 0.2) is 0 Å². The molecule has 0 saturated carbocycles. The van der Waals surface area contributed by atoms with E-state index in [9.17, 15) is 4.79 Å². The first-order valence-corrected chi connectivity index (χ1v) is 5.96. The Balaban J connectivity index is 0.00000121. The van der Waals surface area contributed by atoms with E-state index < -0.39 is 0 Å². The first-order chi connectivity index (χ1) is 8.04. The molecule has 1 aromatic carbocycles. The lowest BCUT2D eigenvalue weighted by molar-refractivity contribution is 0.252. The average molecular weight is 237 g/mol. The molecule has 0 aromatic heterocycles. The molecule has 17 heavy (non-hydrogen) atoms. The first kappa shape index (κ1) is 15.3. The van der Waals surface area contributed by atoms with Crippen molar-refractivity contribution < 1.29 is 4.79 Å². The predicted molar refractivity (Wildman–Crippen MR) is 74.4 cm³/mol. The molecule has 1 aromatic rings. The summed E-state index contributed by atoms with van der Waals surface area (Å²) >= 11 is 0. The molecule has 0 heterocycles. The lowest BCUT2D eigenvalue weighted by atomic mass is 10.1. The fourth-order valence-corrected chi connectivity index (χ4v) is 1.38. The number of anilines is 2. The maximum absolute atomic E-state index is 11.3. The Morgan fingerprint density at radius 3 is 2.12 bits per heavy atom. The largest absolute Gasteiger partial charge is 0.398 e. The SMILES string of the molecule is CC.CCNC(=O)Nc1cc(C)c(N)c(C)c1. The van der Waals surface area contributed by atoms with E-state index in [1.807, 2.05) is 46.8 Å². The summed E-state index contributed by atoms with van der Waals surface area (Å²) in [5.74, 6) is 0. The zero-order valence-corrected chi connectivity index (χ0v) is 11.3. The maximum Gasteiger partial charge on any atom is 0.319 e. The Kier molecular flexibility index (Phi) is 6.79. The number of carbonyl (C=O) groups is 1. The van der Waals surface area contributed by atoms with Gasteiger partial charge < -0.3 is 16.4 Å². The van der Waals surface area contributed by atoms with Gasteiger partial charge in [0.1, 0.15) is 0 Å². The minimum atomic E-state index is -0.193. The fourth-order valence-electron chi connectivity index (χ4n) is 1.38. The molecule has 0 bridgehead atoms. The van der Waals surface area contributed by atoms with E-state index in [1.165, 1.54) is 0 Å². The molecule has 0 aliphatic heterocycles. The Bertz CT molecular complexity index is 352. The van der Waals surface area contributed by atoms with Gasteiger partial charge in [0, 0.05) is 17.9 Å². The van der Waals surface area contributed by atoms with E-state index in [0.29, 0.717) is 6.54 Å². The third-order valence-corrected chi connectivity index (χ3v) is 2.19. The lowest BCUT2D eigenvalue weighted by Gasteiger charge is -2.10. The quantitative estimate of drug-likeness (QED) is 0.692. The van der Waals surface area contributed by atoms with Crippen molar-refractivity contribution in [3.63, 3.8) is 0 Å². The maximum atomic E-state index is 11.3. The third-order valence-electron chi connectivity index (χ3n) is 2.19. The van der Waals surface area contributed by atoms with Crippen LogP contribution in [0.25, 0.3) is 0 Å². The van der Waals surface area contributed by atoms with Gasteiger partial charge in [-0.3, -0.25) is 0 Å². The van der Waals surface area contributed by atoms with Crippen molar-refractivity contribution >= 4 is 17.4 Å². The number of nitrogens with two attached hydrogens (primary N) is 1. The van der Waals surface area contributed by atoms with Gasteiger partial charge in [-0.05, 0) is 44.0 Å². The zero-order valence-electron chi connectivity index (χ0n) is 11.3.